The molecule has 114 valence electrons. The van der Waals surface area contributed by atoms with Gasteiger partial charge in [-0.1, -0.05) is 12.1 Å². The fraction of sp³-hybridized carbons (Fsp3) is 0.214. The third-order valence-corrected chi connectivity index (χ3v) is 3.20. The van der Waals surface area contributed by atoms with Crippen molar-refractivity contribution in [1.82, 2.24) is 19.9 Å². The van der Waals surface area contributed by atoms with Gasteiger partial charge in [-0.05, 0) is 6.07 Å². The first kappa shape index (κ1) is 13.9. The van der Waals surface area contributed by atoms with E-state index in [0.717, 1.165) is 5.56 Å². The molecule has 0 atom stereocenters. The van der Waals surface area contributed by atoms with Gasteiger partial charge in [-0.3, -0.25) is 0 Å². The summed E-state index contributed by atoms with van der Waals surface area (Å²) in [6.07, 6.45) is 1.50. The lowest BCUT2D eigenvalue weighted by Gasteiger charge is -2.13. The van der Waals surface area contributed by atoms with Crippen molar-refractivity contribution in [3.63, 3.8) is 0 Å². The Hall–Kier alpha value is -3.03. The highest BCUT2D eigenvalue weighted by atomic mass is 16.5. The highest BCUT2D eigenvalue weighted by Gasteiger charge is 2.12. The van der Waals surface area contributed by atoms with E-state index in [2.05, 4.69) is 25.3 Å². The lowest BCUT2D eigenvalue weighted by Crippen LogP contribution is -2.05. The molecule has 0 aliphatic rings. The van der Waals surface area contributed by atoms with Crippen molar-refractivity contribution < 1.29 is 14.6 Å². The van der Waals surface area contributed by atoms with E-state index >= 15 is 0 Å². The number of aromatic hydroxyl groups is 1. The number of benzene rings is 1. The number of hydrogen-bond donors (Lipinski definition) is 3. The minimum Gasteiger partial charge on any atom is -0.493 e. The summed E-state index contributed by atoms with van der Waals surface area (Å²) >= 11 is 0. The number of aromatic amines is 1. The van der Waals surface area contributed by atoms with Crippen LogP contribution in [0.15, 0.2) is 24.5 Å². The molecule has 0 saturated heterocycles. The minimum atomic E-state index is -0.322. The summed E-state index contributed by atoms with van der Waals surface area (Å²) in [7, 11) is 3.18. The summed E-state index contributed by atoms with van der Waals surface area (Å²) in [6, 6.07) is 5.29. The Balaban J connectivity index is 1.90. The molecule has 0 radical (unpaired) electrons. The van der Waals surface area contributed by atoms with Gasteiger partial charge >= 0.3 is 6.01 Å². The van der Waals surface area contributed by atoms with Crippen molar-refractivity contribution in [2.75, 3.05) is 19.5 Å². The van der Waals surface area contributed by atoms with Gasteiger partial charge in [0.05, 0.1) is 20.5 Å². The van der Waals surface area contributed by atoms with Crippen LogP contribution in [-0.4, -0.2) is 39.3 Å². The van der Waals surface area contributed by atoms with E-state index in [9.17, 15) is 5.11 Å². The van der Waals surface area contributed by atoms with Crippen LogP contribution < -0.4 is 14.8 Å². The van der Waals surface area contributed by atoms with Crippen molar-refractivity contribution in [2.24, 2.45) is 0 Å². The van der Waals surface area contributed by atoms with Crippen molar-refractivity contribution in [1.29, 1.82) is 0 Å². The van der Waals surface area contributed by atoms with Crippen molar-refractivity contribution >= 4 is 17.0 Å². The Bertz CT molecular complexity index is 802. The molecule has 0 fully saturated rings. The van der Waals surface area contributed by atoms with Gasteiger partial charge in [0.1, 0.15) is 5.52 Å². The van der Waals surface area contributed by atoms with Crippen molar-refractivity contribution in [2.45, 2.75) is 6.54 Å². The molecule has 8 heteroatoms. The Kier molecular flexibility index (Phi) is 3.65. The number of hydrogen-bond acceptors (Lipinski definition) is 7. The summed E-state index contributed by atoms with van der Waals surface area (Å²) in [4.78, 5) is 14.8. The smallest absolute Gasteiger partial charge is 0.317 e. The van der Waals surface area contributed by atoms with Crippen LogP contribution >= 0.6 is 0 Å². The van der Waals surface area contributed by atoms with Gasteiger partial charge in [0, 0.05) is 12.1 Å². The topological polar surface area (TPSA) is 105 Å². The Morgan fingerprint density at radius 3 is 2.86 bits per heavy atom. The lowest BCUT2D eigenvalue weighted by molar-refractivity contribution is 0.352. The number of anilines is 1. The zero-order valence-electron chi connectivity index (χ0n) is 12.1. The maximum absolute atomic E-state index is 9.55. The van der Waals surface area contributed by atoms with Gasteiger partial charge in [-0.2, -0.15) is 9.97 Å². The number of methoxy groups -OCH3 is 2. The highest BCUT2D eigenvalue weighted by Crippen LogP contribution is 2.31. The van der Waals surface area contributed by atoms with Gasteiger partial charge in [-0.15, -0.1) is 0 Å². The molecule has 22 heavy (non-hydrogen) atoms. The van der Waals surface area contributed by atoms with E-state index in [1.54, 1.807) is 14.2 Å². The van der Waals surface area contributed by atoms with Gasteiger partial charge in [-0.25, -0.2) is 4.98 Å². The molecule has 0 aliphatic carbocycles. The van der Waals surface area contributed by atoms with E-state index in [4.69, 9.17) is 9.47 Å². The Morgan fingerprint density at radius 1 is 1.23 bits per heavy atom. The lowest BCUT2D eigenvalue weighted by atomic mass is 10.2. The first-order chi connectivity index (χ1) is 10.7. The Morgan fingerprint density at radius 2 is 2.09 bits per heavy atom. The zero-order chi connectivity index (χ0) is 15.5. The van der Waals surface area contributed by atoms with Gasteiger partial charge in [0.15, 0.2) is 23.0 Å². The van der Waals surface area contributed by atoms with Crippen molar-refractivity contribution in [3.05, 3.63) is 30.1 Å². The number of aromatic nitrogens is 4. The largest absolute Gasteiger partial charge is 0.493 e. The van der Waals surface area contributed by atoms with E-state index in [-0.39, 0.29) is 6.01 Å². The number of H-pyrrole nitrogens is 1. The molecule has 0 saturated carbocycles. The van der Waals surface area contributed by atoms with Crippen LogP contribution in [0, 0.1) is 0 Å². The van der Waals surface area contributed by atoms with Crippen LogP contribution in [0.2, 0.25) is 0 Å². The standard InChI is InChI=1S/C14H15N5O3/c1-21-9-5-3-4-8(11(9)22-2)6-15-12-10-13(17-7-16-10)19-14(20)18-12/h3-5,7H,6H2,1-2H3,(H3,15,16,17,18,19,20). The van der Waals surface area contributed by atoms with Crippen LogP contribution in [0.4, 0.5) is 5.82 Å². The number of rotatable bonds is 5. The monoisotopic (exact) mass is 301 g/mol. The van der Waals surface area contributed by atoms with Gasteiger partial charge in [0.25, 0.3) is 0 Å². The maximum Gasteiger partial charge on any atom is 0.317 e. The zero-order valence-corrected chi connectivity index (χ0v) is 12.1. The molecule has 3 N–H and O–H groups in total. The fourth-order valence-electron chi connectivity index (χ4n) is 2.22. The molecule has 0 aliphatic heterocycles. The molecule has 0 bridgehead atoms. The first-order valence-electron chi connectivity index (χ1n) is 6.56. The molecule has 8 nitrogen and oxygen atoms in total. The summed E-state index contributed by atoms with van der Waals surface area (Å²) in [5.74, 6) is 1.74. The van der Waals surface area contributed by atoms with Crippen LogP contribution in [0.3, 0.4) is 0 Å². The summed E-state index contributed by atoms with van der Waals surface area (Å²) in [6.45, 7) is 0.429. The average molecular weight is 301 g/mol. The SMILES string of the molecule is COc1cccc(CNc2nc(O)nc3[nH]cnc23)c1OC. The Labute approximate surface area is 126 Å². The summed E-state index contributed by atoms with van der Waals surface area (Å²) in [5.41, 5.74) is 1.91. The number of nitrogens with one attached hydrogen (secondary N) is 2. The molecule has 1 aromatic carbocycles. The van der Waals surface area contributed by atoms with E-state index in [1.807, 2.05) is 18.2 Å². The average Bonchev–Trinajstić information content (AvgIpc) is 3.00. The third kappa shape index (κ3) is 2.46. The number of fused-ring (bicyclic) bond motifs is 1. The summed E-state index contributed by atoms with van der Waals surface area (Å²) < 4.78 is 10.7. The quantitative estimate of drug-likeness (QED) is 0.658. The van der Waals surface area contributed by atoms with Crippen LogP contribution in [-0.2, 0) is 6.54 Å². The van der Waals surface area contributed by atoms with Crippen molar-refractivity contribution in [3.8, 4) is 17.5 Å². The number of imidazole rings is 1. The minimum absolute atomic E-state index is 0.322. The fourth-order valence-corrected chi connectivity index (χ4v) is 2.22. The second-order valence-electron chi connectivity index (χ2n) is 4.48. The highest BCUT2D eigenvalue weighted by molar-refractivity contribution is 5.82. The molecule has 0 spiro atoms. The van der Waals surface area contributed by atoms with Crippen LogP contribution in [0.1, 0.15) is 5.56 Å². The maximum atomic E-state index is 9.55. The van der Waals surface area contributed by atoms with Crippen LogP contribution in [0.5, 0.6) is 17.5 Å². The molecular formula is C14H15N5O3. The molecule has 3 rings (SSSR count). The molecule has 3 aromatic rings. The third-order valence-electron chi connectivity index (χ3n) is 3.20. The molecule has 2 heterocycles. The molecule has 0 amide bonds. The molecular weight excluding hydrogens is 286 g/mol. The van der Waals surface area contributed by atoms with E-state index in [1.165, 1.54) is 6.33 Å². The van der Waals surface area contributed by atoms with Crippen LogP contribution in [0.25, 0.3) is 11.2 Å². The van der Waals surface area contributed by atoms with E-state index in [0.29, 0.717) is 35.0 Å². The first-order valence-corrected chi connectivity index (χ1v) is 6.56. The van der Waals surface area contributed by atoms with Gasteiger partial charge in [0.2, 0.25) is 0 Å². The molecule has 2 aromatic heterocycles. The summed E-state index contributed by atoms with van der Waals surface area (Å²) in [5, 5.41) is 12.7. The number of nitrogens with zero attached hydrogens (tertiary/aromatic N) is 3. The van der Waals surface area contributed by atoms with E-state index < -0.39 is 0 Å². The second kappa shape index (κ2) is 5.76. The number of ether oxygens (including phenoxy) is 2. The molecule has 0 unspecified atom stereocenters. The predicted octanol–water partition coefficient (Wildman–Crippen LogP) is 1.69. The predicted molar refractivity (Wildman–Crippen MR) is 80.2 cm³/mol. The normalized spacial score (nSPS) is 10.6. The second-order valence-corrected chi connectivity index (χ2v) is 4.48. The number of para-hydroxylation sites is 1. The van der Waals surface area contributed by atoms with Gasteiger partial charge < -0.3 is 24.9 Å².